The number of carbonyl (C=O) groups is 2. The van der Waals surface area contributed by atoms with Crippen molar-refractivity contribution in [1.29, 1.82) is 0 Å². The van der Waals surface area contributed by atoms with Crippen molar-refractivity contribution in [3.05, 3.63) is 58.3 Å². The average molecular weight is 384 g/mol. The highest BCUT2D eigenvalue weighted by atomic mass is 32.1. The maximum Gasteiger partial charge on any atom is 0.306 e. The number of carbonyl (C=O) groups excluding carboxylic acids is 2. The van der Waals surface area contributed by atoms with Gasteiger partial charge in [0.2, 0.25) is 5.88 Å². The molecule has 0 saturated heterocycles. The minimum Gasteiger partial charge on any atom is -0.456 e. The fraction of sp³-hybridized carbons (Fsp3) is 0.250. The summed E-state index contributed by atoms with van der Waals surface area (Å²) in [5.41, 5.74) is 2.66. The molecule has 3 rings (SSSR count). The molecular weight excluding hydrogens is 364 g/mol. The quantitative estimate of drug-likeness (QED) is 0.588. The second-order valence-corrected chi connectivity index (χ2v) is 7.12. The smallest absolute Gasteiger partial charge is 0.306 e. The molecule has 2 aromatic heterocycles. The van der Waals surface area contributed by atoms with Gasteiger partial charge in [0.05, 0.1) is 0 Å². The molecule has 0 fully saturated rings. The van der Waals surface area contributed by atoms with Crippen LogP contribution in [0.2, 0.25) is 0 Å². The third-order valence-electron chi connectivity index (χ3n) is 3.87. The van der Waals surface area contributed by atoms with Crippen molar-refractivity contribution >= 4 is 29.1 Å². The number of nitrogens with one attached hydrogen (secondary N) is 1. The number of aryl methyl sites for hydroxylation is 2. The molecule has 7 heteroatoms. The van der Waals surface area contributed by atoms with Crippen LogP contribution in [0.3, 0.4) is 0 Å². The molecule has 1 N–H and O–H groups in total. The first-order valence-electron chi connectivity index (χ1n) is 8.62. The molecule has 27 heavy (non-hydrogen) atoms. The highest BCUT2D eigenvalue weighted by Gasteiger charge is 2.12. The van der Waals surface area contributed by atoms with Crippen molar-refractivity contribution < 1.29 is 18.8 Å². The number of nitrogens with zero attached hydrogens (tertiary/aromatic N) is 1. The van der Waals surface area contributed by atoms with Crippen molar-refractivity contribution in [1.82, 2.24) is 5.16 Å². The summed E-state index contributed by atoms with van der Waals surface area (Å²) in [5, 5.41) is 8.47. The first-order valence-corrected chi connectivity index (χ1v) is 9.50. The Hall–Kier alpha value is -2.93. The van der Waals surface area contributed by atoms with Crippen LogP contribution in [0.25, 0.3) is 11.3 Å². The molecular formula is C20H20N2O4S. The molecule has 6 nitrogen and oxygen atoms in total. The molecule has 0 aliphatic heterocycles. The van der Waals surface area contributed by atoms with Gasteiger partial charge >= 0.3 is 5.97 Å². The van der Waals surface area contributed by atoms with Gasteiger partial charge in [-0.2, -0.15) is 0 Å². The number of amides is 1. The fourth-order valence-electron chi connectivity index (χ4n) is 2.45. The number of benzene rings is 1. The van der Waals surface area contributed by atoms with E-state index in [9.17, 15) is 9.59 Å². The van der Waals surface area contributed by atoms with Gasteiger partial charge in [0.25, 0.3) is 5.91 Å². The Morgan fingerprint density at radius 3 is 2.78 bits per heavy atom. The van der Waals surface area contributed by atoms with E-state index in [0.29, 0.717) is 12.1 Å². The van der Waals surface area contributed by atoms with Crippen LogP contribution >= 0.6 is 11.3 Å². The first-order chi connectivity index (χ1) is 13.1. The monoisotopic (exact) mass is 384 g/mol. The summed E-state index contributed by atoms with van der Waals surface area (Å²) >= 11 is 1.66. The van der Waals surface area contributed by atoms with Gasteiger partial charge in [0, 0.05) is 22.9 Å². The molecule has 0 aliphatic rings. The molecule has 0 unspecified atom stereocenters. The van der Waals surface area contributed by atoms with Crippen LogP contribution in [0.4, 0.5) is 5.88 Å². The number of esters is 1. The van der Waals surface area contributed by atoms with Crippen molar-refractivity contribution in [3.63, 3.8) is 0 Å². The number of hydrogen-bond donors (Lipinski definition) is 1. The van der Waals surface area contributed by atoms with E-state index in [1.165, 1.54) is 4.88 Å². The van der Waals surface area contributed by atoms with Gasteiger partial charge in [-0.15, -0.1) is 11.3 Å². The summed E-state index contributed by atoms with van der Waals surface area (Å²) < 4.78 is 10.1. The SMILES string of the molecule is Cc1ccc(-c2cc(NC(=O)COC(=O)CCCc3cccs3)on2)cc1. The van der Waals surface area contributed by atoms with Gasteiger partial charge in [0.15, 0.2) is 6.61 Å². The topological polar surface area (TPSA) is 81.4 Å². The van der Waals surface area contributed by atoms with Gasteiger partial charge in [-0.25, -0.2) is 0 Å². The molecule has 1 aromatic carbocycles. The first kappa shape index (κ1) is 18.8. The van der Waals surface area contributed by atoms with Crippen LogP contribution < -0.4 is 5.32 Å². The second-order valence-electron chi connectivity index (χ2n) is 6.08. The van der Waals surface area contributed by atoms with Crippen molar-refractivity contribution in [3.8, 4) is 11.3 Å². The lowest BCUT2D eigenvalue weighted by Gasteiger charge is -2.04. The van der Waals surface area contributed by atoms with E-state index in [2.05, 4.69) is 10.5 Å². The van der Waals surface area contributed by atoms with Crippen LogP contribution in [-0.2, 0) is 20.7 Å². The summed E-state index contributed by atoms with van der Waals surface area (Å²) in [6.07, 6.45) is 1.81. The molecule has 0 bridgehead atoms. The lowest BCUT2D eigenvalue weighted by Crippen LogP contribution is -2.20. The summed E-state index contributed by atoms with van der Waals surface area (Å²) in [6.45, 7) is 1.65. The van der Waals surface area contributed by atoms with E-state index in [0.717, 1.165) is 17.5 Å². The van der Waals surface area contributed by atoms with E-state index < -0.39 is 5.91 Å². The maximum atomic E-state index is 11.9. The van der Waals surface area contributed by atoms with E-state index >= 15 is 0 Å². The Kier molecular flexibility index (Phi) is 6.38. The van der Waals surface area contributed by atoms with Gasteiger partial charge < -0.3 is 9.26 Å². The third kappa shape index (κ3) is 5.79. The number of ether oxygens (including phenoxy) is 1. The molecule has 0 radical (unpaired) electrons. The van der Waals surface area contributed by atoms with E-state index in [-0.39, 0.29) is 24.9 Å². The van der Waals surface area contributed by atoms with Gasteiger partial charge in [-0.05, 0) is 31.2 Å². The largest absolute Gasteiger partial charge is 0.456 e. The van der Waals surface area contributed by atoms with Gasteiger partial charge in [0.1, 0.15) is 5.69 Å². The van der Waals surface area contributed by atoms with E-state index in [1.54, 1.807) is 17.4 Å². The van der Waals surface area contributed by atoms with Crippen LogP contribution in [0.15, 0.2) is 52.4 Å². The van der Waals surface area contributed by atoms with Crippen LogP contribution in [0.1, 0.15) is 23.3 Å². The molecule has 0 saturated carbocycles. The average Bonchev–Trinajstić information content (AvgIpc) is 3.33. The summed E-state index contributed by atoms with van der Waals surface area (Å²) in [4.78, 5) is 24.8. The number of aromatic nitrogens is 1. The molecule has 1 amide bonds. The molecule has 0 atom stereocenters. The molecule has 3 aromatic rings. The van der Waals surface area contributed by atoms with Crippen molar-refractivity contribution in [2.24, 2.45) is 0 Å². The minimum absolute atomic E-state index is 0.212. The summed E-state index contributed by atoms with van der Waals surface area (Å²) in [7, 11) is 0. The number of anilines is 1. The van der Waals surface area contributed by atoms with Crippen LogP contribution in [0, 0.1) is 6.92 Å². The highest BCUT2D eigenvalue weighted by Crippen LogP contribution is 2.22. The highest BCUT2D eigenvalue weighted by molar-refractivity contribution is 7.09. The Labute approximate surface area is 161 Å². The summed E-state index contributed by atoms with van der Waals surface area (Å²) in [5.74, 6) is -0.642. The van der Waals surface area contributed by atoms with Gasteiger partial charge in [-0.1, -0.05) is 41.1 Å². The van der Waals surface area contributed by atoms with Crippen LogP contribution in [-0.4, -0.2) is 23.6 Å². The Balaban J connectivity index is 1.40. The fourth-order valence-corrected chi connectivity index (χ4v) is 3.20. The predicted octanol–water partition coefficient (Wildman–Crippen LogP) is 4.22. The molecule has 0 aliphatic carbocycles. The predicted molar refractivity (Wildman–Crippen MR) is 104 cm³/mol. The lowest BCUT2D eigenvalue weighted by molar-refractivity contribution is -0.147. The molecule has 140 valence electrons. The zero-order valence-electron chi connectivity index (χ0n) is 14.9. The number of hydrogen-bond acceptors (Lipinski definition) is 6. The standard InChI is InChI=1S/C20H20N2O4S/c1-14-7-9-15(10-8-14)17-12-19(26-22-17)21-18(23)13-25-20(24)6-2-4-16-5-3-11-27-16/h3,5,7-12H,2,4,6,13H2,1H3,(H,21,23). The van der Waals surface area contributed by atoms with Crippen molar-refractivity contribution in [2.45, 2.75) is 26.2 Å². The number of rotatable bonds is 8. The second kappa shape index (κ2) is 9.14. The molecule has 2 heterocycles. The normalized spacial score (nSPS) is 10.6. The Morgan fingerprint density at radius 2 is 2.04 bits per heavy atom. The lowest BCUT2D eigenvalue weighted by atomic mass is 10.1. The number of thiophene rings is 1. The third-order valence-corrected chi connectivity index (χ3v) is 4.80. The van der Waals surface area contributed by atoms with Crippen molar-refractivity contribution in [2.75, 3.05) is 11.9 Å². The minimum atomic E-state index is -0.465. The zero-order chi connectivity index (χ0) is 19.1. The zero-order valence-corrected chi connectivity index (χ0v) is 15.8. The van der Waals surface area contributed by atoms with Gasteiger partial charge in [-0.3, -0.25) is 14.9 Å². The Morgan fingerprint density at radius 1 is 1.22 bits per heavy atom. The van der Waals surface area contributed by atoms with Crippen LogP contribution in [0.5, 0.6) is 0 Å². The molecule has 0 spiro atoms. The Bertz CT molecular complexity index is 885. The summed E-state index contributed by atoms with van der Waals surface area (Å²) in [6, 6.07) is 13.4. The van der Waals surface area contributed by atoms with E-state index in [1.807, 2.05) is 48.7 Å². The van der Waals surface area contributed by atoms with E-state index in [4.69, 9.17) is 9.26 Å². The maximum absolute atomic E-state index is 11.9.